The number of carbonyl (C=O) groups is 1. The van der Waals surface area contributed by atoms with E-state index in [2.05, 4.69) is 17.1 Å². The van der Waals surface area contributed by atoms with Crippen LogP contribution in [-0.2, 0) is 0 Å². The first kappa shape index (κ1) is 14.5. The zero-order valence-electron chi connectivity index (χ0n) is 11.8. The van der Waals surface area contributed by atoms with E-state index in [1.807, 2.05) is 13.1 Å². The zero-order valence-corrected chi connectivity index (χ0v) is 11.8. The summed E-state index contributed by atoms with van der Waals surface area (Å²) in [6.45, 7) is 4.38. The van der Waals surface area contributed by atoms with E-state index >= 15 is 0 Å². The second-order valence-electron chi connectivity index (χ2n) is 4.79. The lowest BCUT2D eigenvalue weighted by Crippen LogP contribution is -2.33. The van der Waals surface area contributed by atoms with Crippen LogP contribution < -0.4 is 5.32 Å². The molecule has 0 bridgehead atoms. The van der Waals surface area contributed by atoms with Gasteiger partial charge in [0.15, 0.2) is 0 Å². The number of hydrogen-bond acceptors (Lipinski definition) is 2. The van der Waals surface area contributed by atoms with Crippen LogP contribution in [0.4, 0.5) is 4.39 Å². The average molecular weight is 274 g/mol. The molecule has 0 spiro atoms. The number of nitrogens with zero attached hydrogens (tertiary/aromatic N) is 1. The van der Waals surface area contributed by atoms with E-state index in [9.17, 15) is 9.18 Å². The molecule has 0 heterocycles. The smallest absolute Gasteiger partial charge is 0.251 e. The molecule has 3 nitrogen and oxygen atoms in total. The second-order valence-corrected chi connectivity index (χ2v) is 4.79. The molecule has 0 radical (unpaired) electrons. The fourth-order valence-corrected chi connectivity index (χ4v) is 2.07. The number of hydrogen-bond donors (Lipinski definition) is 1. The molecule has 0 aromatic heterocycles. The Balaban J connectivity index is 2.16. The Labute approximate surface area is 118 Å². The minimum absolute atomic E-state index is 0.161. The number of benzene rings is 2. The molecule has 20 heavy (non-hydrogen) atoms. The average Bonchev–Trinajstić information content (AvgIpc) is 2.47. The molecule has 2 aromatic carbocycles. The van der Waals surface area contributed by atoms with E-state index < -0.39 is 0 Å². The largest absolute Gasteiger partial charge is 0.351 e. The summed E-state index contributed by atoms with van der Waals surface area (Å²) >= 11 is 0. The second kappa shape index (κ2) is 6.48. The Morgan fingerprint density at radius 3 is 2.60 bits per heavy atom. The molecule has 0 aliphatic rings. The number of nitrogens with one attached hydrogen (secondary N) is 1. The Morgan fingerprint density at radius 2 is 1.90 bits per heavy atom. The third-order valence-electron chi connectivity index (χ3n) is 3.43. The topological polar surface area (TPSA) is 32.3 Å². The van der Waals surface area contributed by atoms with Gasteiger partial charge in [0.1, 0.15) is 5.82 Å². The van der Waals surface area contributed by atoms with E-state index in [0.29, 0.717) is 22.9 Å². The number of halogens is 1. The minimum Gasteiger partial charge on any atom is -0.351 e. The molecule has 0 saturated carbocycles. The highest BCUT2D eigenvalue weighted by Crippen LogP contribution is 2.21. The number of carbonyl (C=O) groups excluding carboxylic acids is 1. The molecule has 0 fully saturated rings. The van der Waals surface area contributed by atoms with Crippen molar-refractivity contribution >= 4 is 16.7 Å². The maximum atomic E-state index is 13.7. The van der Waals surface area contributed by atoms with E-state index in [4.69, 9.17) is 0 Å². The van der Waals surface area contributed by atoms with Crippen LogP contribution >= 0.6 is 0 Å². The van der Waals surface area contributed by atoms with Gasteiger partial charge < -0.3 is 10.2 Å². The van der Waals surface area contributed by atoms with Crippen molar-refractivity contribution in [3.63, 3.8) is 0 Å². The lowest BCUT2D eigenvalue weighted by Gasteiger charge is -2.14. The van der Waals surface area contributed by atoms with Crippen molar-refractivity contribution in [1.82, 2.24) is 10.2 Å². The number of likely N-dealkylation sites (N-methyl/N-ethyl adjacent to an activating group) is 1. The van der Waals surface area contributed by atoms with Gasteiger partial charge in [0.25, 0.3) is 5.91 Å². The van der Waals surface area contributed by atoms with Gasteiger partial charge in [-0.1, -0.05) is 31.2 Å². The molecule has 0 atom stereocenters. The van der Waals surface area contributed by atoms with Crippen LogP contribution in [0.5, 0.6) is 0 Å². The van der Waals surface area contributed by atoms with Crippen molar-refractivity contribution in [3.05, 3.63) is 47.8 Å². The predicted molar refractivity (Wildman–Crippen MR) is 79.4 cm³/mol. The molecule has 1 N–H and O–H groups in total. The minimum atomic E-state index is -0.303. The molecule has 0 aliphatic heterocycles. The van der Waals surface area contributed by atoms with E-state index in [1.54, 1.807) is 18.2 Å². The summed E-state index contributed by atoms with van der Waals surface area (Å²) in [4.78, 5) is 14.3. The molecule has 4 heteroatoms. The molecule has 2 rings (SSSR count). The summed E-state index contributed by atoms with van der Waals surface area (Å²) in [5, 5.41) is 4.00. The van der Waals surface area contributed by atoms with E-state index in [-0.39, 0.29) is 11.7 Å². The predicted octanol–water partition coefficient (Wildman–Crippen LogP) is 2.66. The highest BCUT2D eigenvalue weighted by atomic mass is 19.1. The Kier molecular flexibility index (Phi) is 4.69. The summed E-state index contributed by atoms with van der Waals surface area (Å²) < 4.78 is 13.7. The highest BCUT2D eigenvalue weighted by Gasteiger charge is 2.11. The quantitative estimate of drug-likeness (QED) is 0.909. The molecule has 0 unspecified atom stereocenters. The van der Waals surface area contributed by atoms with Gasteiger partial charge in [0, 0.05) is 24.0 Å². The van der Waals surface area contributed by atoms with Gasteiger partial charge in [0.2, 0.25) is 0 Å². The van der Waals surface area contributed by atoms with Crippen LogP contribution in [0.25, 0.3) is 10.8 Å². The third kappa shape index (κ3) is 3.14. The van der Waals surface area contributed by atoms with Gasteiger partial charge in [-0.3, -0.25) is 4.79 Å². The van der Waals surface area contributed by atoms with Crippen molar-refractivity contribution in [2.24, 2.45) is 0 Å². The van der Waals surface area contributed by atoms with Crippen LogP contribution in [0.3, 0.4) is 0 Å². The summed E-state index contributed by atoms with van der Waals surface area (Å²) in [5.41, 5.74) is 0.515. The Hall–Kier alpha value is -1.94. The SMILES string of the molecule is CCN(C)CCNC(=O)c1ccc(F)c2ccccc12. The fraction of sp³-hybridized carbons (Fsp3) is 0.312. The molecule has 1 amide bonds. The summed E-state index contributed by atoms with van der Waals surface area (Å²) in [6, 6.07) is 9.91. The summed E-state index contributed by atoms with van der Waals surface area (Å²) in [7, 11) is 2.00. The fourth-order valence-electron chi connectivity index (χ4n) is 2.07. The van der Waals surface area contributed by atoms with Crippen LogP contribution in [0.15, 0.2) is 36.4 Å². The normalized spacial score (nSPS) is 11.0. The molecular weight excluding hydrogens is 255 g/mol. The van der Waals surface area contributed by atoms with Crippen molar-refractivity contribution < 1.29 is 9.18 Å². The van der Waals surface area contributed by atoms with E-state index in [1.165, 1.54) is 12.1 Å². The third-order valence-corrected chi connectivity index (χ3v) is 3.43. The van der Waals surface area contributed by atoms with Crippen LogP contribution in [0.1, 0.15) is 17.3 Å². The molecule has 106 valence electrons. The summed E-state index contributed by atoms with van der Waals surface area (Å²) in [5.74, 6) is -0.464. The van der Waals surface area contributed by atoms with Gasteiger partial charge in [-0.25, -0.2) is 4.39 Å². The van der Waals surface area contributed by atoms with Crippen molar-refractivity contribution in [2.75, 3.05) is 26.7 Å². The van der Waals surface area contributed by atoms with Crippen molar-refractivity contribution in [1.29, 1.82) is 0 Å². The van der Waals surface area contributed by atoms with Crippen LogP contribution in [-0.4, -0.2) is 37.5 Å². The van der Waals surface area contributed by atoms with Gasteiger partial charge in [-0.2, -0.15) is 0 Å². The monoisotopic (exact) mass is 274 g/mol. The lowest BCUT2D eigenvalue weighted by atomic mass is 10.0. The first-order valence-electron chi connectivity index (χ1n) is 6.77. The van der Waals surface area contributed by atoms with Crippen LogP contribution in [0, 0.1) is 5.82 Å². The molecule has 0 aliphatic carbocycles. The van der Waals surface area contributed by atoms with Gasteiger partial charge in [-0.15, -0.1) is 0 Å². The number of amides is 1. The first-order valence-corrected chi connectivity index (χ1v) is 6.77. The molecular formula is C16H19FN2O. The zero-order chi connectivity index (χ0) is 14.5. The van der Waals surface area contributed by atoms with Gasteiger partial charge >= 0.3 is 0 Å². The summed E-state index contributed by atoms with van der Waals surface area (Å²) in [6.07, 6.45) is 0. The maximum Gasteiger partial charge on any atom is 0.251 e. The van der Waals surface area contributed by atoms with Crippen LogP contribution in [0.2, 0.25) is 0 Å². The van der Waals surface area contributed by atoms with Gasteiger partial charge in [-0.05, 0) is 31.1 Å². The van der Waals surface area contributed by atoms with Crippen molar-refractivity contribution in [3.8, 4) is 0 Å². The first-order chi connectivity index (χ1) is 9.63. The highest BCUT2D eigenvalue weighted by molar-refractivity contribution is 6.07. The number of fused-ring (bicyclic) bond motifs is 1. The standard InChI is InChI=1S/C16H19FN2O/c1-3-19(2)11-10-18-16(20)14-8-9-15(17)13-7-5-4-6-12(13)14/h4-9H,3,10-11H2,1-2H3,(H,18,20). The molecule has 0 saturated heterocycles. The lowest BCUT2D eigenvalue weighted by molar-refractivity contribution is 0.0952. The Bertz CT molecular complexity index is 612. The van der Waals surface area contributed by atoms with Crippen molar-refractivity contribution in [2.45, 2.75) is 6.92 Å². The number of rotatable bonds is 5. The maximum absolute atomic E-state index is 13.7. The molecule has 2 aromatic rings. The van der Waals surface area contributed by atoms with E-state index in [0.717, 1.165) is 13.1 Å². The van der Waals surface area contributed by atoms with Gasteiger partial charge in [0.05, 0.1) is 0 Å². The Morgan fingerprint density at radius 1 is 1.20 bits per heavy atom.